The molecule has 0 saturated carbocycles. The zero-order chi connectivity index (χ0) is 14.1. The molecule has 1 aromatic heterocycles. The van der Waals surface area contributed by atoms with E-state index in [1.54, 1.807) is 0 Å². The Hall–Kier alpha value is -1.32. The smallest absolute Gasteiger partial charge is 0.0464 e. The van der Waals surface area contributed by atoms with Gasteiger partial charge < -0.3 is 10.3 Å². The van der Waals surface area contributed by atoms with Crippen LogP contribution in [0.3, 0.4) is 0 Å². The van der Waals surface area contributed by atoms with E-state index in [1.165, 1.54) is 46.3 Å². The second-order valence-electron chi connectivity index (χ2n) is 6.11. The molecular weight excluding hydrogens is 246 g/mol. The maximum Gasteiger partial charge on any atom is 0.0464 e. The van der Waals surface area contributed by atoms with Crippen LogP contribution in [-0.2, 0) is 6.54 Å². The van der Waals surface area contributed by atoms with Crippen LogP contribution in [0.5, 0.6) is 0 Å². The summed E-state index contributed by atoms with van der Waals surface area (Å²) in [5.41, 5.74) is 6.84. The van der Waals surface area contributed by atoms with Crippen molar-refractivity contribution in [1.82, 2.24) is 15.2 Å². The average Bonchev–Trinajstić information content (AvgIpc) is 2.58. The Morgan fingerprint density at radius 1 is 1.10 bits per heavy atom. The van der Waals surface area contributed by atoms with Crippen molar-refractivity contribution in [2.24, 2.45) is 0 Å². The van der Waals surface area contributed by atoms with Gasteiger partial charge in [-0.1, -0.05) is 6.07 Å². The molecule has 1 fully saturated rings. The van der Waals surface area contributed by atoms with Gasteiger partial charge in [0, 0.05) is 36.2 Å². The van der Waals surface area contributed by atoms with E-state index in [1.807, 2.05) is 0 Å². The highest BCUT2D eigenvalue weighted by Crippen LogP contribution is 2.28. The standard InChI is InChI=1S/C17H25N3/c1-12-9-13(2)17-15(14(3)19-16(17)10-12)11-20-7-4-5-18-6-8-20/h9-10,18-19H,4-8,11H2,1-3H3. The fraction of sp³-hybridized carbons (Fsp3) is 0.529. The third-order valence-electron chi connectivity index (χ3n) is 4.37. The van der Waals surface area contributed by atoms with Crippen LogP contribution in [0.15, 0.2) is 12.1 Å². The first-order valence-electron chi connectivity index (χ1n) is 7.66. The zero-order valence-electron chi connectivity index (χ0n) is 12.8. The van der Waals surface area contributed by atoms with Crippen LogP contribution in [0, 0.1) is 20.8 Å². The molecule has 108 valence electrons. The summed E-state index contributed by atoms with van der Waals surface area (Å²) < 4.78 is 0. The van der Waals surface area contributed by atoms with Gasteiger partial charge in [-0.25, -0.2) is 0 Å². The van der Waals surface area contributed by atoms with Crippen LogP contribution >= 0.6 is 0 Å². The Morgan fingerprint density at radius 3 is 2.80 bits per heavy atom. The molecule has 2 aromatic rings. The third kappa shape index (κ3) is 2.60. The van der Waals surface area contributed by atoms with Gasteiger partial charge in [-0.2, -0.15) is 0 Å². The summed E-state index contributed by atoms with van der Waals surface area (Å²) in [6.45, 7) is 12.3. The Kier molecular flexibility index (Phi) is 3.81. The summed E-state index contributed by atoms with van der Waals surface area (Å²) in [5.74, 6) is 0. The first-order valence-corrected chi connectivity index (χ1v) is 7.66. The first-order chi connectivity index (χ1) is 9.65. The van der Waals surface area contributed by atoms with Gasteiger partial charge in [-0.05, 0) is 63.0 Å². The molecule has 2 N–H and O–H groups in total. The summed E-state index contributed by atoms with van der Waals surface area (Å²) in [4.78, 5) is 6.15. The Balaban J connectivity index is 1.96. The van der Waals surface area contributed by atoms with Crippen molar-refractivity contribution in [3.05, 3.63) is 34.5 Å². The zero-order valence-corrected chi connectivity index (χ0v) is 12.8. The summed E-state index contributed by atoms with van der Waals surface area (Å²) >= 11 is 0. The highest BCUT2D eigenvalue weighted by molar-refractivity contribution is 5.88. The van der Waals surface area contributed by atoms with Gasteiger partial charge in [0.05, 0.1) is 0 Å². The molecule has 1 aliphatic heterocycles. The third-order valence-corrected chi connectivity index (χ3v) is 4.37. The molecule has 3 rings (SSSR count). The van der Waals surface area contributed by atoms with Crippen molar-refractivity contribution in [2.45, 2.75) is 33.7 Å². The summed E-state index contributed by atoms with van der Waals surface area (Å²) in [7, 11) is 0. The van der Waals surface area contributed by atoms with Crippen molar-refractivity contribution in [3.63, 3.8) is 0 Å². The molecular formula is C17H25N3. The lowest BCUT2D eigenvalue weighted by atomic mass is 10.0. The Labute approximate surface area is 121 Å². The van der Waals surface area contributed by atoms with Crippen LogP contribution in [-0.4, -0.2) is 36.1 Å². The highest BCUT2D eigenvalue weighted by atomic mass is 15.1. The van der Waals surface area contributed by atoms with Crippen molar-refractivity contribution < 1.29 is 0 Å². The fourth-order valence-electron chi connectivity index (χ4n) is 3.41. The first kappa shape index (κ1) is 13.7. The van der Waals surface area contributed by atoms with E-state index in [2.05, 4.69) is 48.1 Å². The minimum Gasteiger partial charge on any atom is -0.358 e. The van der Waals surface area contributed by atoms with Crippen LogP contribution in [0.25, 0.3) is 10.9 Å². The number of fused-ring (bicyclic) bond motifs is 1. The van der Waals surface area contributed by atoms with E-state index in [-0.39, 0.29) is 0 Å². The lowest BCUT2D eigenvalue weighted by Crippen LogP contribution is -2.27. The molecule has 0 spiro atoms. The molecule has 1 aliphatic rings. The number of aryl methyl sites for hydroxylation is 3. The second-order valence-corrected chi connectivity index (χ2v) is 6.11. The number of rotatable bonds is 2. The van der Waals surface area contributed by atoms with E-state index in [0.717, 1.165) is 26.2 Å². The van der Waals surface area contributed by atoms with E-state index < -0.39 is 0 Å². The van der Waals surface area contributed by atoms with Gasteiger partial charge in [0.25, 0.3) is 0 Å². The van der Waals surface area contributed by atoms with Crippen LogP contribution in [0.2, 0.25) is 0 Å². The molecule has 2 heterocycles. The highest BCUT2D eigenvalue weighted by Gasteiger charge is 2.15. The fourth-order valence-corrected chi connectivity index (χ4v) is 3.41. The van der Waals surface area contributed by atoms with E-state index in [4.69, 9.17) is 0 Å². The van der Waals surface area contributed by atoms with Crippen LogP contribution in [0.4, 0.5) is 0 Å². The second kappa shape index (κ2) is 5.58. The normalized spacial score (nSPS) is 17.6. The molecule has 3 heteroatoms. The maximum absolute atomic E-state index is 3.57. The predicted molar refractivity (Wildman–Crippen MR) is 85.3 cm³/mol. The van der Waals surface area contributed by atoms with Crippen molar-refractivity contribution in [1.29, 1.82) is 0 Å². The largest absolute Gasteiger partial charge is 0.358 e. The van der Waals surface area contributed by atoms with E-state index >= 15 is 0 Å². The van der Waals surface area contributed by atoms with E-state index in [9.17, 15) is 0 Å². The number of hydrogen-bond donors (Lipinski definition) is 2. The quantitative estimate of drug-likeness (QED) is 0.880. The molecule has 1 aromatic carbocycles. The van der Waals surface area contributed by atoms with Gasteiger partial charge in [0.2, 0.25) is 0 Å². The Morgan fingerprint density at radius 2 is 1.95 bits per heavy atom. The van der Waals surface area contributed by atoms with Gasteiger partial charge in [0.1, 0.15) is 0 Å². The van der Waals surface area contributed by atoms with Gasteiger partial charge in [0.15, 0.2) is 0 Å². The Bertz CT molecular complexity index is 604. The number of aromatic nitrogens is 1. The lowest BCUT2D eigenvalue weighted by Gasteiger charge is -2.20. The molecule has 0 radical (unpaired) electrons. The molecule has 0 bridgehead atoms. The van der Waals surface area contributed by atoms with Gasteiger partial charge in [-0.3, -0.25) is 4.90 Å². The number of nitrogens with zero attached hydrogens (tertiary/aromatic N) is 1. The average molecular weight is 271 g/mol. The summed E-state index contributed by atoms with van der Waals surface area (Å²) in [6.07, 6.45) is 1.25. The van der Waals surface area contributed by atoms with Crippen LogP contribution < -0.4 is 5.32 Å². The van der Waals surface area contributed by atoms with Crippen molar-refractivity contribution in [3.8, 4) is 0 Å². The number of hydrogen-bond acceptors (Lipinski definition) is 2. The molecule has 3 nitrogen and oxygen atoms in total. The lowest BCUT2D eigenvalue weighted by molar-refractivity contribution is 0.285. The molecule has 0 atom stereocenters. The molecule has 0 unspecified atom stereocenters. The topological polar surface area (TPSA) is 31.1 Å². The number of aromatic amines is 1. The number of benzene rings is 1. The minimum absolute atomic E-state index is 1.07. The monoisotopic (exact) mass is 271 g/mol. The minimum atomic E-state index is 1.07. The van der Waals surface area contributed by atoms with Crippen molar-refractivity contribution >= 4 is 10.9 Å². The predicted octanol–water partition coefficient (Wildman–Crippen LogP) is 2.89. The number of H-pyrrole nitrogens is 1. The summed E-state index contributed by atoms with van der Waals surface area (Å²) in [5, 5.41) is 4.91. The molecule has 20 heavy (non-hydrogen) atoms. The summed E-state index contributed by atoms with van der Waals surface area (Å²) in [6, 6.07) is 4.56. The molecule has 1 saturated heterocycles. The van der Waals surface area contributed by atoms with Gasteiger partial charge in [-0.15, -0.1) is 0 Å². The maximum atomic E-state index is 3.57. The molecule has 0 amide bonds. The van der Waals surface area contributed by atoms with Crippen molar-refractivity contribution in [2.75, 3.05) is 26.2 Å². The van der Waals surface area contributed by atoms with E-state index in [0.29, 0.717) is 0 Å². The van der Waals surface area contributed by atoms with Gasteiger partial charge >= 0.3 is 0 Å². The van der Waals surface area contributed by atoms with Crippen LogP contribution in [0.1, 0.15) is 28.8 Å². The molecule has 0 aliphatic carbocycles. The number of nitrogens with one attached hydrogen (secondary N) is 2. The SMILES string of the molecule is Cc1cc(C)c2c(CN3CCCNCC3)c(C)[nH]c2c1.